The van der Waals surface area contributed by atoms with Crippen molar-refractivity contribution >= 4 is 0 Å². The van der Waals surface area contributed by atoms with Crippen LogP contribution in [0.2, 0.25) is 0 Å². The van der Waals surface area contributed by atoms with Gasteiger partial charge in [-0.05, 0) is 29.8 Å². The Balaban J connectivity index is 2.02. The van der Waals surface area contributed by atoms with Crippen LogP contribution < -0.4 is 15.2 Å². The minimum absolute atomic E-state index is 0.430. The van der Waals surface area contributed by atoms with Crippen molar-refractivity contribution in [2.45, 2.75) is 13.2 Å². The first kappa shape index (κ1) is 12.4. The molecule has 1 aromatic carbocycles. The number of nitrogens with two attached hydrogens (primary N) is 1. The first-order valence-electron chi connectivity index (χ1n) is 5.73. The molecule has 2 N–H and O–H groups in total. The smallest absolute Gasteiger partial charge is 0.219 e. The first-order valence-corrected chi connectivity index (χ1v) is 5.73. The van der Waals surface area contributed by atoms with Crippen molar-refractivity contribution in [3.05, 3.63) is 53.7 Å². The summed E-state index contributed by atoms with van der Waals surface area (Å²) in [4.78, 5) is 4.12. The highest BCUT2D eigenvalue weighted by Crippen LogP contribution is 2.18. The lowest BCUT2D eigenvalue weighted by Gasteiger charge is -2.09. The van der Waals surface area contributed by atoms with Crippen molar-refractivity contribution in [1.82, 2.24) is 4.98 Å². The topological polar surface area (TPSA) is 57.4 Å². The van der Waals surface area contributed by atoms with E-state index >= 15 is 0 Å². The summed E-state index contributed by atoms with van der Waals surface area (Å²) in [6.07, 6.45) is 1.69. The summed E-state index contributed by atoms with van der Waals surface area (Å²) in [7, 11) is 1.60. The number of benzene rings is 1. The maximum Gasteiger partial charge on any atom is 0.219 e. The van der Waals surface area contributed by atoms with Crippen molar-refractivity contribution in [3.63, 3.8) is 0 Å². The van der Waals surface area contributed by atoms with E-state index < -0.39 is 0 Å². The average molecular weight is 244 g/mol. The number of methoxy groups -OCH3 is 1. The molecule has 94 valence electrons. The fourth-order valence-electron chi connectivity index (χ4n) is 1.60. The van der Waals surface area contributed by atoms with Gasteiger partial charge in [0.1, 0.15) is 12.4 Å². The third-order valence-corrected chi connectivity index (χ3v) is 2.60. The molecule has 0 aliphatic carbocycles. The molecule has 0 saturated carbocycles. The van der Waals surface area contributed by atoms with Crippen LogP contribution in [0.5, 0.6) is 11.6 Å². The second-order valence-corrected chi connectivity index (χ2v) is 3.81. The van der Waals surface area contributed by atoms with Gasteiger partial charge >= 0.3 is 0 Å². The molecule has 18 heavy (non-hydrogen) atoms. The van der Waals surface area contributed by atoms with Gasteiger partial charge in [-0.3, -0.25) is 0 Å². The van der Waals surface area contributed by atoms with E-state index in [1.807, 2.05) is 36.4 Å². The highest BCUT2D eigenvalue weighted by Gasteiger charge is 2.03. The standard InChI is InChI=1S/C14H16N2O2/c1-17-14-12(3-2-8-16-14)10-18-13-6-4-11(9-15)5-7-13/h2-8H,9-10,15H2,1H3. The highest BCUT2D eigenvalue weighted by atomic mass is 16.5. The van der Waals surface area contributed by atoms with Crippen molar-refractivity contribution < 1.29 is 9.47 Å². The maximum absolute atomic E-state index is 5.67. The van der Waals surface area contributed by atoms with Crippen LogP contribution in [0.1, 0.15) is 11.1 Å². The highest BCUT2D eigenvalue weighted by molar-refractivity contribution is 5.29. The minimum atomic E-state index is 0.430. The Morgan fingerprint density at radius 1 is 1.17 bits per heavy atom. The van der Waals surface area contributed by atoms with Crippen LogP contribution >= 0.6 is 0 Å². The lowest BCUT2D eigenvalue weighted by Crippen LogP contribution is -2.00. The van der Waals surface area contributed by atoms with Gasteiger partial charge in [0.05, 0.1) is 12.7 Å². The van der Waals surface area contributed by atoms with Gasteiger partial charge in [0.15, 0.2) is 0 Å². The molecule has 2 rings (SSSR count). The van der Waals surface area contributed by atoms with E-state index in [2.05, 4.69) is 4.98 Å². The normalized spacial score (nSPS) is 10.1. The van der Waals surface area contributed by atoms with Gasteiger partial charge in [-0.2, -0.15) is 0 Å². The van der Waals surface area contributed by atoms with Gasteiger partial charge in [-0.15, -0.1) is 0 Å². The molecule has 0 spiro atoms. The van der Waals surface area contributed by atoms with Crippen molar-refractivity contribution in [2.75, 3.05) is 7.11 Å². The van der Waals surface area contributed by atoms with E-state index in [0.717, 1.165) is 16.9 Å². The van der Waals surface area contributed by atoms with Gasteiger partial charge in [-0.25, -0.2) is 4.98 Å². The molecule has 0 amide bonds. The third-order valence-electron chi connectivity index (χ3n) is 2.60. The fourth-order valence-corrected chi connectivity index (χ4v) is 1.60. The van der Waals surface area contributed by atoms with Gasteiger partial charge in [-0.1, -0.05) is 12.1 Å². The van der Waals surface area contributed by atoms with Gasteiger partial charge in [0, 0.05) is 12.7 Å². The zero-order valence-corrected chi connectivity index (χ0v) is 10.3. The SMILES string of the molecule is COc1ncccc1COc1ccc(CN)cc1. The van der Waals surface area contributed by atoms with Crippen LogP contribution in [-0.2, 0) is 13.2 Å². The molecule has 0 atom stereocenters. The van der Waals surface area contributed by atoms with E-state index in [-0.39, 0.29) is 0 Å². The largest absolute Gasteiger partial charge is 0.489 e. The summed E-state index contributed by atoms with van der Waals surface area (Å²) in [6, 6.07) is 11.5. The Morgan fingerprint density at radius 3 is 2.61 bits per heavy atom. The first-order chi connectivity index (χ1) is 8.83. The maximum atomic E-state index is 5.67. The predicted molar refractivity (Wildman–Crippen MR) is 69.5 cm³/mol. The number of pyridine rings is 1. The molecule has 0 bridgehead atoms. The molecule has 0 fully saturated rings. The number of hydrogen-bond donors (Lipinski definition) is 1. The van der Waals surface area contributed by atoms with Gasteiger partial charge < -0.3 is 15.2 Å². The summed E-state index contributed by atoms with van der Waals surface area (Å²) in [5.41, 5.74) is 7.54. The Morgan fingerprint density at radius 2 is 1.94 bits per heavy atom. The molecule has 1 heterocycles. The van der Waals surface area contributed by atoms with E-state index in [1.165, 1.54) is 0 Å². The van der Waals surface area contributed by atoms with Gasteiger partial charge in [0.25, 0.3) is 0 Å². The van der Waals surface area contributed by atoms with Crippen LogP contribution in [0.3, 0.4) is 0 Å². The third kappa shape index (κ3) is 2.99. The zero-order chi connectivity index (χ0) is 12.8. The number of aromatic nitrogens is 1. The molecular weight excluding hydrogens is 228 g/mol. The number of nitrogens with zero attached hydrogens (tertiary/aromatic N) is 1. The molecule has 4 nitrogen and oxygen atoms in total. The van der Waals surface area contributed by atoms with Crippen LogP contribution in [-0.4, -0.2) is 12.1 Å². The quantitative estimate of drug-likeness (QED) is 0.875. The van der Waals surface area contributed by atoms with Crippen LogP contribution in [0, 0.1) is 0 Å². The van der Waals surface area contributed by atoms with Crippen LogP contribution in [0.4, 0.5) is 0 Å². The molecule has 0 aliphatic rings. The summed E-state index contributed by atoms with van der Waals surface area (Å²) in [5, 5.41) is 0. The molecular formula is C14H16N2O2. The molecule has 0 radical (unpaired) electrons. The average Bonchev–Trinajstić information content (AvgIpc) is 2.46. The molecule has 0 saturated heterocycles. The van der Waals surface area contributed by atoms with Crippen LogP contribution in [0.15, 0.2) is 42.6 Å². The summed E-state index contributed by atoms with van der Waals surface area (Å²) < 4.78 is 10.8. The summed E-state index contributed by atoms with van der Waals surface area (Å²) in [5.74, 6) is 1.40. The molecule has 0 unspecified atom stereocenters. The molecule has 2 aromatic rings. The predicted octanol–water partition coefficient (Wildman–Crippen LogP) is 2.13. The lowest BCUT2D eigenvalue weighted by atomic mass is 10.2. The molecule has 4 heteroatoms. The second-order valence-electron chi connectivity index (χ2n) is 3.81. The monoisotopic (exact) mass is 244 g/mol. The van der Waals surface area contributed by atoms with Crippen molar-refractivity contribution in [1.29, 1.82) is 0 Å². The molecule has 1 aromatic heterocycles. The minimum Gasteiger partial charge on any atom is -0.489 e. The van der Waals surface area contributed by atoms with E-state index in [1.54, 1.807) is 13.3 Å². The van der Waals surface area contributed by atoms with E-state index in [4.69, 9.17) is 15.2 Å². The Labute approximate surface area is 106 Å². The number of rotatable bonds is 5. The summed E-state index contributed by atoms with van der Waals surface area (Å²) in [6.45, 7) is 0.968. The Bertz CT molecular complexity index is 497. The summed E-state index contributed by atoms with van der Waals surface area (Å²) >= 11 is 0. The Kier molecular flexibility index (Phi) is 4.15. The van der Waals surface area contributed by atoms with Crippen molar-refractivity contribution in [2.24, 2.45) is 5.73 Å². The second kappa shape index (κ2) is 6.02. The molecule has 0 aliphatic heterocycles. The zero-order valence-electron chi connectivity index (χ0n) is 10.3. The number of ether oxygens (including phenoxy) is 2. The number of hydrogen-bond acceptors (Lipinski definition) is 4. The fraction of sp³-hybridized carbons (Fsp3) is 0.214. The van der Waals surface area contributed by atoms with E-state index in [0.29, 0.717) is 19.0 Å². The van der Waals surface area contributed by atoms with Crippen LogP contribution in [0.25, 0.3) is 0 Å². The van der Waals surface area contributed by atoms with Crippen molar-refractivity contribution in [3.8, 4) is 11.6 Å². The van der Waals surface area contributed by atoms with E-state index in [9.17, 15) is 0 Å². The lowest BCUT2D eigenvalue weighted by molar-refractivity contribution is 0.294. The Hall–Kier alpha value is -2.07. The van der Waals surface area contributed by atoms with Gasteiger partial charge in [0.2, 0.25) is 5.88 Å².